The predicted molar refractivity (Wildman–Crippen MR) is 383 cm³/mol. The fourth-order valence-corrected chi connectivity index (χ4v) is 13.1. The molecule has 0 bridgehead atoms. The third-order valence-electron chi connectivity index (χ3n) is 16.4. The van der Waals surface area contributed by atoms with Crippen molar-refractivity contribution in [3.05, 3.63) is 325 Å². The van der Waals surface area contributed by atoms with Gasteiger partial charge >= 0.3 is 0 Å². The molecular formula is C80H53Br2N7. The fraction of sp³-hybridized carbons (Fsp3) is 0. The highest BCUT2D eigenvalue weighted by molar-refractivity contribution is 9.10. The average Bonchev–Trinajstić information content (AvgIpc) is 0.879. The summed E-state index contributed by atoms with van der Waals surface area (Å²) in [5.41, 5.74) is 12.5. The van der Waals surface area contributed by atoms with Crippen LogP contribution < -0.4 is 15.1 Å². The number of para-hydroxylation sites is 3. The zero-order valence-corrected chi connectivity index (χ0v) is 51.1. The van der Waals surface area contributed by atoms with E-state index >= 15 is 0 Å². The molecule has 0 fully saturated rings. The molecule has 0 saturated carbocycles. The van der Waals surface area contributed by atoms with E-state index in [9.17, 15) is 0 Å². The van der Waals surface area contributed by atoms with E-state index in [1.165, 1.54) is 43.1 Å². The Balaban J connectivity index is 0.000000145. The highest BCUT2D eigenvalue weighted by Crippen LogP contribution is 2.45. The van der Waals surface area contributed by atoms with Gasteiger partial charge in [-0.15, -0.1) is 0 Å². The van der Waals surface area contributed by atoms with Crippen molar-refractivity contribution in [2.24, 2.45) is 0 Å². The second-order valence-electron chi connectivity index (χ2n) is 21.7. The largest absolute Gasteiger partial charge is 0.355 e. The lowest BCUT2D eigenvalue weighted by molar-refractivity contribution is 1.29. The number of anilines is 8. The van der Waals surface area contributed by atoms with Crippen LogP contribution in [-0.2, 0) is 0 Å². The van der Waals surface area contributed by atoms with Crippen LogP contribution in [0.3, 0.4) is 0 Å². The lowest BCUT2D eigenvalue weighted by Crippen LogP contribution is -2.11. The molecule has 1 N–H and O–H groups in total. The molecular weight excluding hydrogens is 1220 g/mol. The van der Waals surface area contributed by atoms with Gasteiger partial charge < -0.3 is 15.1 Å². The Morgan fingerprint density at radius 2 is 0.584 bits per heavy atom. The van der Waals surface area contributed by atoms with Gasteiger partial charge in [-0.05, 0) is 141 Å². The van der Waals surface area contributed by atoms with Gasteiger partial charge in [0, 0.05) is 106 Å². The summed E-state index contributed by atoms with van der Waals surface area (Å²) in [5, 5.41) is 19.8. The molecule has 0 aliphatic heterocycles. The number of rotatable bonds is 8. The first-order valence-corrected chi connectivity index (χ1v) is 31.0. The van der Waals surface area contributed by atoms with Crippen LogP contribution in [0, 0.1) is 0 Å². The van der Waals surface area contributed by atoms with E-state index in [0.717, 1.165) is 109 Å². The van der Waals surface area contributed by atoms with Crippen LogP contribution >= 0.6 is 31.9 Å². The number of hydrogen-bond acceptors (Lipinski definition) is 7. The van der Waals surface area contributed by atoms with Gasteiger partial charge in [-0.25, -0.2) is 0 Å². The van der Waals surface area contributed by atoms with Crippen molar-refractivity contribution < 1.29 is 0 Å². The van der Waals surface area contributed by atoms with Crippen molar-refractivity contribution >= 4 is 175 Å². The topological polar surface area (TPSA) is 70.1 Å². The van der Waals surface area contributed by atoms with Gasteiger partial charge in [0.25, 0.3) is 0 Å². The summed E-state index contributed by atoms with van der Waals surface area (Å²) in [6.45, 7) is 0. The molecule has 2 aromatic heterocycles. The zero-order chi connectivity index (χ0) is 59.6. The summed E-state index contributed by atoms with van der Waals surface area (Å²) in [7, 11) is 0. The number of hydrogen-bond donors (Lipinski definition) is 1. The van der Waals surface area contributed by atoms with E-state index in [2.05, 4.69) is 330 Å². The molecule has 0 spiro atoms. The number of aromatic nitrogens is 4. The van der Waals surface area contributed by atoms with Crippen molar-refractivity contribution in [2.75, 3.05) is 15.1 Å². The summed E-state index contributed by atoms with van der Waals surface area (Å²) in [6, 6.07) is 102. The number of halogens is 2. The maximum absolute atomic E-state index is 4.99. The molecule has 0 radical (unpaired) electrons. The number of nitrogens with zero attached hydrogens (tertiary/aromatic N) is 6. The number of benzene rings is 15. The lowest BCUT2D eigenvalue weighted by atomic mass is 9.97. The third kappa shape index (κ3) is 10.7. The Morgan fingerprint density at radius 1 is 0.247 bits per heavy atom. The molecule has 17 rings (SSSR count). The minimum atomic E-state index is 0.881. The first-order chi connectivity index (χ1) is 44.0. The summed E-state index contributed by atoms with van der Waals surface area (Å²) in [4.78, 5) is 23.7. The third-order valence-corrected chi connectivity index (χ3v) is 17.4. The van der Waals surface area contributed by atoms with E-state index in [0.29, 0.717) is 0 Å². The van der Waals surface area contributed by atoms with Crippen molar-refractivity contribution in [3.8, 4) is 0 Å². The molecule has 17 aromatic rings. The van der Waals surface area contributed by atoms with Crippen LogP contribution in [0.15, 0.2) is 325 Å². The molecule has 0 amide bonds. The molecule has 7 nitrogen and oxygen atoms in total. The van der Waals surface area contributed by atoms with Crippen LogP contribution in [0.1, 0.15) is 0 Å². The van der Waals surface area contributed by atoms with Crippen LogP contribution in [0.4, 0.5) is 45.5 Å². The number of nitrogens with one attached hydrogen (secondary N) is 1. The average molecular weight is 1270 g/mol. The van der Waals surface area contributed by atoms with Gasteiger partial charge in [-0.1, -0.05) is 220 Å². The lowest BCUT2D eigenvalue weighted by Gasteiger charge is -2.28. The Labute approximate surface area is 531 Å². The van der Waals surface area contributed by atoms with Crippen LogP contribution in [0.25, 0.3) is 97.5 Å². The molecule has 15 aromatic carbocycles. The minimum Gasteiger partial charge on any atom is -0.355 e. The van der Waals surface area contributed by atoms with Gasteiger partial charge in [0.15, 0.2) is 0 Å². The highest BCUT2D eigenvalue weighted by Gasteiger charge is 2.21. The SMILES string of the molecule is Brc1ccc2c3ccc(Br)cc3c3nccnc3c2c1.c1ccc(N(c2ccc3c4ccc(N(c5ccccc5)c5cccc6ccccc56)cc4c4nccnc4c3c2)c2cccc3ccccc23)cc1.c1ccc(Nc2cccc3ccccc23)cc1. The fourth-order valence-electron chi connectivity index (χ4n) is 12.4. The zero-order valence-electron chi connectivity index (χ0n) is 48.0. The smallest absolute Gasteiger partial charge is 0.0972 e. The van der Waals surface area contributed by atoms with Crippen LogP contribution in [-0.4, -0.2) is 19.9 Å². The Hall–Kier alpha value is -10.8. The molecule has 0 saturated heterocycles. The standard InChI is InChI=1S/C48H32N4.C16H8Br2N2.C16H13N/c1-3-17-35(18-4-1)51(45-23-11-15-33-13-7-9-21-39(33)45)37-25-27-41-42-28-26-38(32-44(42)48-47(43(41)31-37)49-29-30-50-48)52(36-19-5-2-6-20-36)46-24-12-16-34-14-8-10-22-40(34)46;17-9-1-3-11-12-4-2-10(18)8-14(12)16-15(13(11)7-9)19-5-6-20-16;1-2-9-14(10-3-1)17-16-12-6-8-13-7-4-5-11-15(13)16/h1-32H;1-8H;1-12,17H. The molecule has 9 heteroatoms. The molecule has 89 heavy (non-hydrogen) atoms. The summed E-state index contributed by atoms with van der Waals surface area (Å²) in [6.07, 6.45) is 7.09. The first-order valence-electron chi connectivity index (χ1n) is 29.5. The maximum atomic E-state index is 4.99. The van der Waals surface area contributed by atoms with Crippen molar-refractivity contribution in [1.82, 2.24) is 19.9 Å². The normalized spacial score (nSPS) is 11.3. The molecule has 0 unspecified atom stereocenters. The second-order valence-corrected chi connectivity index (χ2v) is 23.5. The molecule has 0 aliphatic carbocycles. The van der Waals surface area contributed by atoms with E-state index in [4.69, 9.17) is 9.97 Å². The van der Waals surface area contributed by atoms with Crippen LogP contribution in [0.2, 0.25) is 0 Å². The van der Waals surface area contributed by atoms with Crippen molar-refractivity contribution in [1.29, 1.82) is 0 Å². The minimum absolute atomic E-state index is 0.881. The molecule has 2 heterocycles. The van der Waals surface area contributed by atoms with E-state index in [1.807, 2.05) is 18.2 Å². The summed E-state index contributed by atoms with van der Waals surface area (Å²) in [5.74, 6) is 0. The monoisotopic (exact) mass is 1270 g/mol. The van der Waals surface area contributed by atoms with Crippen molar-refractivity contribution in [3.63, 3.8) is 0 Å². The quantitative estimate of drug-likeness (QED) is 0.152. The van der Waals surface area contributed by atoms with E-state index in [1.54, 1.807) is 24.8 Å². The summed E-state index contributed by atoms with van der Waals surface area (Å²) < 4.78 is 2.10. The van der Waals surface area contributed by atoms with E-state index in [-0.39, 0.29) is 0 Å². The molecule has 0 atom stereocenters. The molecule has 422 valence electrons. The predicted octanol–water partition coefficient (Wildman–Crippen LogP) is 23.2. The van der Waals surface area contributed by atoms with Crippen molar-refractivity contribution in [2.45, 2.75) is 0 Å². The Bertz CT molecular complexity index is 5140. The number of fused-ring (bicyclic) bond motifs is 15. The summed E-state index contributed by atoms with van der Waals surface area (Å²) >= 11 is 7.08. The Morgan fingerprint density at radius 3 is 1.02 bits per heavy atom. The van der Waals surface area contributed by atoms with Gasteiger partial charge in [0.1, 0.15) is 0 Å². The second kappa shape index (κ2) is 24.1. The van der Waals surface area contributed by atoms with E-state index < -0.39 is 0 Å². The maximum Gasteiger partial charge on any atom is 0.0972 e. The van der Waals surface area contributed by atoms with Gasteiger partial charge in [-0.2, -0.15) is 0 Å². The highest BCUT2D eigenvalue weighted by atomic mass is 79.9. The first kappa shape index (κ1) is 54.8. The Kier molecular flexibility index (Phi) is 14.9. The van der Waals surface area contributed by atoms with Gasteiger partial charge in [0.05, 0.1) is 33.4 Å². The van der Waals surface area contributed by atoms with Gasteiger partial charge in [0.2, 0.25) is 0 Å². The molecule has 0 aliphatic rings. The van der Waals surface area contributed by atoms with Gasteiger partial charge in [-0.3, -0.25) is 19.9 Å². The van der Waals surface area contributed by atoms with Crippen LogP contribution in [0.5, 0.6) is 0 Å².